The Morgan fingerprint density at radius 1 is 1.47 bits per heavy atom. The van der Waals surface area contributed by atoms with Gasteiger partial charge in [-0.3, -0.25) is 0 Å². The molecule has 3 rings (SSSR count). The molecule has 2 atom stereocenters. The standard InChI is InChI=1S/C12H12F2N2S/c1-6-4-7(6)5-16-11-9(15-12(16)17)3-2-8(13)10(11)14/h2-3,6-7H,4-5H2,1H3,(H,15,17). The summed E-state index contributed by atoms with van der Waals surface area (Å²) in [4.78, 5) is 2.91. The first kappa shape index (κ1) is 10.9. The van der Waals surface area contributed by atoms with Crippen molar-refractivity contribution in [3.8, 4) is 0 Å². The number of imidazole rings is 1. The van der Waals surface area contributed by atoms with Crippen molar-refractivity contribution < 1.29 is 8.78 Å². The van der Waals surface area contributed by atoms with Gasteiger partial charge < -0.3 is 9.55 Å². The van der Waals surface area contributed by atoms with E-state index in [1.807, 2.05) is 0 Å². The second-order valence-electron chi connectivity index (χ2n) is 4.77. The van der Waals surface area contributed by atoms with E-state index < -0.39 is 11.6 Å². The molecular weight excluding hydrogens is 242 g/mol. The van der Waals surface area contributed by atoms with E-state index in [2.05, 4.69) is 11.9 Å². The summed E-state index contributed by atoms with van der Waals surface area (Å²) >= 11 is 5.16. The number of benzene rings is 1. The molecule has 0 amide bonds. The minimum atomic E-state index is -0.830. The molecule has 1 N–H and O–H groups in total. The van der Waals surface area contributed by atoms with Crippen LogP contribution in [0, 0.1) is 28.2 Å². The third kappa shape index (κ3) is 1.69. The van der Waals surface area contributed by atoms with Gasteiger partial charge in [-0.15, -0.1) is 0 Å². The van der Waals surface area contributed by atoms with E-state index in [0.717, 1.165) is 12.5 Å². The second-order valence-corrected chi connectivity index (χ2v) is 5.16. The van der Waals surface area contributed by atoms with Gasteiger partial charge in [-0.05, 0) is 42.6 Å². The lowest BCUT2D eigenvalue weighted by Crippen LogP contribution is -2.02. The Morgan fingerprint density at radius 2 is 2.18 bits per heavy atom. The summed E-state index contributed by atoms with van der Waals surface area (Å²) in [6, 6.07) is 2.64. The summed E-state index contributed by atoms with van der Waals surface area (Å²) in [5, 5.41) is 0. The highest BCUT2D eigenvalue weighted by atomic mass is 32.1. The van der Waals surface area contributed by atoms with Gasteiger partial charge in [-0.2, -0.15) is 0 Å². The first-order valence-corrected chi connectivity index (χ1v) is 6.05. The predicted octanol–water partition coefficient (Wildman–Crippen LogP) is 3.63. The quantitative estimate of drug-likeness (QED) is 0.811. The Balaban J connectivity index is 2.18. The van der Waals surface area contributed by atoms with Gasteiger partial charge in [0.1, 0.15) is 5.52 Å². The summed E-state index contributed by atoms with van der Waals surface area (Å²) in [5.74, 6) is -0.464. The van der Waals surface area contributed by atoms with E-state index in [4.69, 9.17) is 12.2 Å². The van der Waals surface area contributed by atoms with Gasteiger partial charge in [0.05, 0.1) is 5.52 Å². The van der Waals surface area contributed by atoms with Crippen LogP contribution in [0.3, 0.4) is 0 Å². The molecule has 0 saturated heterocycles. The Bertz CT molecular complexity index is 644. The zero-order valence-electron chi connectivity index (χ0n) is 9.34. The summed E-state index contributed by atoms with van der Waals surface area (Å²) < 4.78 is 29.1. The maximum Gasteiger partial charge on any atom is 0.184 e. The van der Waals surface area contributed by atoms with Gasteiger partial charge in [-0.25, -0.2) is 8.78 Å². The van der Waals surface area contributed by atoms with Crippen molar-refractivity contribution in [1.82, 2.24) is 9.55 Å². The van der Waals surface area contributed by atoms with Crippen LogP contribution < -0.4 is 0 Å². The zero-order chi connectivity index (χ0) is 12.2. The molecule has 1 aromatic heterocycles. The molecule has 0 radical (unpaired) electrons. The number of fused-ring (bicyclic) bond motifs is 1. The van der Waals surface area contributed by atoms with Crippen LogP contribution in [0.1, 0.15) is 13.3 Å². The number of nitrogens with one attached hydrogen (secondary N) is 1. The Hall–Kier alpha value is -1.23. The van der Waals surface area contributed by atoms with Crippen LogP contribution in [0.15, 0.2) is 12.1 Å². The van der Waals surface area contributed by atoms with Crippen LogP contribution in [0.25, 0.3) is 11.0 Å². The van der Waals surface area contributed by atoms with Crippen LogP contribution in [0.5, 0.6) is 0 Å². The normalized spacial score (nSPS) is 23.2. The predicted molar refractivity (Wildman–Crippen MR) is 64.3 cm³/mol. The van der Waals surface area contributed by atoms with E-state index >= 15 is 0 Å². The number of hydrogen-bond acceptors (Lipinski definition) is 1. The van der Waals surface area contributed by atoms with Gasteiger partial charge >= 0.3 is 0 Å². The number of aromatic nitrogens is 2. The van der Waals surface area contributed by atoms with Crippen molar-refractivity contribution in [3.63, 3.8) is 0 Å². The molecule has 1 aliphatic rings. The van der Waals surface area contributed by atoms with Crippen molar-refractivity contribution >= 4 is 23.3 Å². The summed E-state index contributed by atoms with van der Waals surface area (Å²) in [6.45, 7) is 2.82. The van der Waals surface area contributed by atoms with Crippen LogP contribution in [-0.4, -0.2) is 9.55 Å². The molecule has 0 bridgehead atoms. The van der Waals surface area contributed by atoms with Gasteiger partial charge in [0, 0.05) is 6.54 Å². The van der Waals surface area contributed by atoms with Crippen molar-refractivity contribution in [2.24, 2.45) is 11.8 Å². The molecule has 2 nitrogen and oxygen atoms in total. The van der Waals surface area contributed by atoms with Gasteiger partial charge in [-0.1, -0.05) is 6.92 Å². The third-order valence-electron chi connectivity index (χ3n) is 3.52. The topological polar surface area (TPSA) is 20.7 Å². The molecule has 90 valence electrons. The molecule has 2 aromatic rings. The molecular formula is C12H12F2N2S. The SMILES string of the molecule is CC1CC1Cn1c(=S)[nH]c2ccc(F)c(F)c21. The number of aromatic amines is 1. The van der Waals surface area contributed by atoms with E-state index in [1.54, 1.807) is 4.57 Å². The Morgan fingerprint density at radius 3 is 2.82 bits per heavy atom. The summed E-state index contributed by atoms with van der Waals surface area (Å²) in [5.41, 5.74) is 0.816. The number of H-pyrrole nitrogens is 1. The minimum absolute atomic E-state index is 0.258. The maximum absolute atomic E-state index is 13.8. The molecule has 1 fully saturated rings. The average molecular weight is 254 g/mol. The van der Waals surface area contributed by atoms with Crippen LogP contribution in [0.2, 0.25) is 0 Å². The third-order valence-corrected chi connectivity index (χ3v) is 3.84. The fraction of sp³-hybridized carbons (Fsp3) is 0.417. The van der Waals surface area contributed by atoms with E-state index in [1.165, 1.54) is 6.07 Å². The number of halogens is 2. The molecule has 1 saturated carbocycles. The molecule has 17 heavy (non-hydrogen) atoms. The lowest BCUT2D eigenvalue weighted by molar-refractivity contribution is 0.507. The summed E-state index contributed by atoms with van der Waals surface area (Å²) in [7, 11) is 0. The van der Waals surface area contributed by atoms with E-state index in [0.29, 0.717) is 28.7 Å². The number of nitrogens with zero attached hydrogens (tertiary/aromatic N) is 1. The monoisotopic (exact) mass is 254 g/mol. The van der Waals surface area contributed by atoms with Crippen molar-refractivity contribution in [2.75, 3.05) is 0 Å². The number of hydrogen-bond donors (Lipinski definition) is 1. The van der Waals surface area contributed by atoms with Gasteiger partial charge in [0.15, 0.2) is 16.4 Å². The molecule has 0 aliphatic heterocycles. The van der Waals surface area contributed by atoms with Crippen LogP contribution in [-0.2, 0) is 6.54 Å². The van der Waals surface area contributed by atoms with Crippen molar-refractivity contribution in [1.29, 1.82) is 0 Å². The average Bonchev–Trinajstić information content (AvgIpc) is 2.87. The highest BCUT2D eigenvalue weighted by Gasteiger charge is 2.33. The second kappa shape index (κ2) is 3.63. The lowest BCUT2D eigenvalue weighted by Gasteiger charge is -2.04. The van der Waals surface area contributed by atoms with Crippen molar-refractivity contribution in [2.45, 2.75) is 19.9 Å². The van der Waals surface area contributed by atoms with Crippen LogP contribution in [0.4, 0.5) is 8.78 Å². The fourth-order valence-corrected chi connectivity index (χ4v) is 2.53. The maximum atomic E-state index is 13.8. The molecule has 1 aromatic carbocycles. The largest absolute Gasteiger partial charge is 0.330 e. The highest BCUT2D eigenvalue weighted by molar-refractivity contribution is 7.71. The molecule has 0 spiro atoms. The van der Waals surface area contributed by atoms with Crippen LogP contribution >= 0.6 is 12.2 Å². The van der Waals surface area contributed by atoms with Gasteiger partial charge in [0.25, 0.3) is 0 Å². The smallest absolute Gasteiger partial charge is 0.184 e. The van der Waals surface area contributed by atoms with E-state index in [9.17, 15) is 8.78 Å². The summed E-state index contributed by atoms with van der Waals surface area (Å²) in [6.07, 6.45) is 1.13. The Labute approximate surface area is 102 Å². The first-order chi connectivity index (χ1) is 8.08. The highest BCUT2D eigenvalue weighted by Crippen LogP contribution is 2.39. The fourth-order valence-electron chi connectivity index (χ4n) is 2.25. The molecule has 1 heterocycles. The minimum Gasteiger partial charge on any atom is -0.330 e. The lowest BCUT2D eigenvalue weighted by atomic mass is 10.2. The molecule has 1 aliphatic carbocycles. The van der Waals surface area contributed by atoms with Gasteiger partial charge in [0.2, 0.25) is 0 Å². The first-order valence-electron chi connectivity index (χ1n) is 5.64. The zero-order valence-corrected chi connectivity index (χ0v) is 10.2. The number of rotatable bonds is 2. The molecule has 2 unspecified atom stereocenters. The van der Waals surface area contributed by atoms with E-state index in [-0.39, 0.29) is 5.52 Å². The molecule has 5 heteroatoms. The Kier molecular flexibility index (Phi) is 2.33. The van der Waals surface area contributed by atoms with Crippen molar-refractivity contribution in [3.05, 3.63) is 28.5 Å².